The van der Waals surface area contributed by atoms with Crippen molar-refractivity contribution in [2.75, 3.05) is 5.32 Å². The van der Waals surface area contributed by atoms with Crippen LogP contribution in [0.15, 0.2) is 18.2 Å². The summed E-state index contributed by atoms with van der Waals surface area (Å²) in [5.41, 5.74) is 1.16. The van der Waals surface area contributed by atoms with E-state index >= 15 is 0 Å². The van der Waals surface area contributed by atoms with Gasteiger partial charge in [-0.2, -0.15) is 0 Å². The van der Waals surface area contributed by atoms with Gasteiger partial charge in [-0.3, -0.25) is 9.59 Å². The molecule has 1 aromatic carbocycles. The Bertz CT molecular complexity index is 555. The van der Waals surface area contributed by atoms with E-state index in [0.717, 1.165) is 0 Å². The Labute approximate surface area is 108 Å². The lowest BCUT2D eigenvalue weighted by Crippen LogP contribution is -2.34. The number of carbonyl (C=O) groups is 3. The van der Waals surface area contributed by atoms with Crippen molar-refractivity contribution >= 4 is 23.5 Å². The Balaban J connectivity index is 2.09. The Hall–Kier alpha value is -2.57. The predicted octanol–water partition coefficient (Wildman–Crippen LogP) is 0.107. The number of carboxylic acid groups (broad SMARTS) is 1. The molecule has 1 atom stereocenters. The van der Waals surface area contributed by atoms with Crippen LogP contribution in [0.4, 0.5) is 5.69 Å². The fraction of sp³-hybridized carbons (Fsp3) is 0.250. The van der Waals surface area contributed by atoms with Crippen molar-refractivity contribution in [3.8, 4) is 5.75 Å². The highest BCUT2D eigenvalue weighted by Crippen LogP contribution is 2.30. The number of fused-ring (bicyclic) bond motifs is 1. The molecule has 2 amide bonds. The number of carboxylic acids is 1. The van der Waals surface area contributed by atoms with Crippen molar-refractivity contribution in [2.45, 2.75) is 19.6 Å². The SMILES string of the molecule is CC1Oc2ccc(CNC(=O)C(=O)O)cc2NC1=O. The molecule has 0 saturated heterocycles. The lowest BCUT2D eigenvalue weighted by molar-refractivity contribution is -0.150. The molecular weight excluding hydrogens is 252 g/mol. The topological polar surface area (TPSA) is 105 Å². The highest BCUT2D eigenvalue weighted by molar-refractivity contribution is 6.31. The van der Waals surface area contributed by atoms with Crippen molar-refractivity contribution in [1.29, 1.82) is 0 Å². The Morgan fingerprint density at radius 3 is 2.89 bits per heavy atom. The van der Waals surface area contributed by atoms with Crippen molar-refractivity contribution in [2.24, 2.45) is 0 Å². The fourth-order valence-corrected chi connectivity index (χ4v) is 1.62. The zero-order valence-electron chi connectivity index (χ0n) is 10.1. The van der Waals surface area contributed by atoms with Crippen LogP contribution >= 0.6 is 0 Å². The third kappa shape index (κ3) is 2.82. The van der Waals surface area contributed by atoms with Crippen LogP contribution in [-0.2, 0) is 20.9 Å². The number of nitrogens with one attached hydrogen (secondary N) is 2. The van der Waals surface area contributed by atoms with Gasteiger partial charge in [0.2, 0.25) is 0 Å². The van der Waals surface area contributed by atoms with Crippen LogP contribution in [0.1, 0.15) is 12.5 Å². The summed E-state index contributed by atoms with van der Waals surface area (Å²) in [4.78, 5) is 32.7. The van der Waals surface area contributed by atoms with E-state index in [9.17, 15) is 14.4 Å². The van der Waals surface area contributed by atoms with Gasteiger partial charge in [0.05, 0.1) is 5.69 Å². The summed E-state index contributed by atoms with van der Waals surface area (Å²) in [6.45, 7) is 1.70. The monoisotopic (exact) mass is 264 g/mol. The second-order valence-electron chi connectivity index (χ2n) is 4.07. The van der Waals surface area contributed by atoms with Gasteiger partial charge in [-0.15, -0.1) is 0 Å². The third-order valence-electron chi connectivity index (χ3n) is 2.62. The van der Waals surface area contributed by atoms with Gasteiger partial charge in [0, 0.05) is 6.54 Å². The van der Waals surface area contributed by atoms with E-state index in [1.807, 2.05) is 0 Å². The molecule has 7 heteroatoms. The third-order valence-corrected chi connectivity index (χ3v) is 2.62. The van der Waals surface area contributed by atoms with Crippen molar-refractivity contribution in [3.63, 3.8) is 0 Å². The second kappa shape index (κ2) is 4.97. The van der Waals surface area contributed by atoms with Crippen molar-refractivity contribution in [3.05, 3.63) is 23.8 Å². The molecule has 100 valence electrons. The van der Waals surface area contributed by atoms with E-state index in [1.165, 1.54) is 0 Å². The smallest absolute Gasteiger partial charge is 0.394 e. The number of hydrogen-bond acceptors (Lipinski definition) is 4. The molecule has 3 N–H and O–H groups in total. The second-order valence-corrected chi connectivity index (χ2v) is 4.07. The number of benzene rings is 1. The number of ether oxygens (including phenoxy) is 1. The molecule has 1 aliphatic rings. The van der Waals surface area contributed by atoms with Gasteiger partial charge in [0.25, 0.3) is 5.91 Å². The fourth-order valence-electron chi connectivity index (χ4n) is 1.62. The normalized spacial score (nSPS) is 16.9. The van der Waals surface area contributed by atoms with Gasteiger partial charge < -0.3 is 20.5 Å². The molecule has 0 radical (unpaired) electrons. The highest BCUT2D eigenvalue weighted by Gasteiger charge is 2.23. The first-order valence-electron chi connectivity index (χ1n) is 5.59. The Morgan fingerprint density at radius 1 is 1.47 bits per heavy atom. The first-order chi connectivity index (χ1) is 8.97. The largest absolute Gasteiger partial charge is 0.479 e. The number of hydrogen-bond donors (Lipinski definition) is 3. The first-order valence-corrected chi connectivity index (χ1v) is 5.59. The zero-order chi connectivity index (χ0) is 14.0. The molecule has 0 spiro atoms. The van der Waals surface area contributed by atoms with E-state index in [0.29, 0.717) is 17.0 Å². The molecule has 0 fully saturated rings. The predicted molar refractivity (Wildman–Crippen MR) is 64.6 cm³/mol. The minimum atomic E-state index is -1.54. The summed E-state index contributed by atoms with van der Waals surface area (Å²) in [7, 11) is 0. The van der Waals surface area contributed by atoms with Gasteiger partial charge in [-0.1, -0.05) is 6.07 Å². The van der Waals surface area contributed by atoms with Crippen LogP contribution in [0.5, 0.6) is 5.75 Å². The van der Waals surface area contributed by atoms with Gasteiger partial charge in [-0.05, 0) is 24.6 Å². The van der Waals surface area contributed by atoms with E-state index in [4.69, 9.17) is 9.84 Å². The molecule has 0 saturated carbocycles. The number of anilines is 1. The summed E-state index contributed by atoms with van der Waals surface area (Å²) in [5.74, 6) is -2.32. The van der Waals surface area contributed by atoms with E-state index in [1.54, 1.807) is 25.1 Å². The minimum Gasteiger partial charge on any atom is -0.479 e. The maximum absolute atomic E-state index is 11.4. The zero-order valence-corrected chi connectivity index (χ0v) is 10.1. The molecule has 19 heavy (non-hydrogen) atoms. The van der Waals surface area contributed by atoms with Gasteiger partial charge in [-0.25, -0.2) is 4.79 Å². The molecule has 1 heterocycles. The van der Waals surface area contributed by atoms with E-state index in [-0.39, 0.29) is 12.5 Å². The van der Waals surface area contributed by atoms with Crippen LogP contribution in [0.2, 0.25) is 0 Å². The standard InChI is InChI=1S/C12H12N2O5/c1-6-10(15)14-8-4-7(2-3-9(8)19-6)5-13-11(16)12(17)18/h2-4,6H,5H2,1H3,(H,13,16)(H,14,15)(H,17,18). The summed E-state index contributed by atoms with van der Waals surface area (Å²) >= 11 is 0. The average Bonchev–Trinajstić information content (AvgIpc) is 2.37. The molecule has 1 aromatic rings. The lowest BCUT2D eigenvalue weighted by Gasteiger charge is -2.23. The van der Waals surface area contributed by atoms with Gasteiger partial charge in [0.15, 0.2) is 6.10 Å². The van der Waals surface area contributed by atoms with Crippen molar-refractivity contribution < 1.29 is 24.2 Å². The molecule has 0 bridgehead atoms. The van der Waals surface area contributed by atoms with Crippen molar-refractivity contribution in [1.82, 2.24) is 5.32 Å². The number of carbonyl (C=O) groups excluding carboxylic acids is 2. The molecule has 1 unspecified atom stereocenters. The lowest BCUT2D eigenvalue weighted by atomic mass is 10.1. The highest BCUT2D eigenvalue weighted by atomic mass is 16.5. The summed E-state index contributed by atoms with van der Waals surface area (Å²) in [6.07, 6.45) is -0.551. The minimum absolute atomic E-state index is 0.0594. The Morgan fingerprint density at radius 2 is 2.21 bits per heavy atom. The van der Waals surface area contributed by atoms with Crippen LogP contribution in [-0.4, -0.2) is 29.0 Å². The maximum atomic E-state index is 11.4. The molecule has 7 nitrogen and oxygen atoms in total. The number of amides is 2. The summed E-state index contributed by atoms with van der Waals surface area (Å²) in [5, 5.41) is 13.3. The summed E-state index contributed by atoms with van der Waals surface area (Å²) in [6, 6.07) is 4.97. The number of rotatable bonds is 2. The van der Waals surface area contributed by atoms with E-state index < -0.39 is 18.0 Å². The molecule has 2 rings (SSSR count). The van der Waals surface area contributed by atoms with Crippen LogP contribution < -0.4 is 15.4 Å². The molecule has 0 aromatic heterocycles. The van der Waals surface area contributed by atoms with E-state index in [2.05, 4.69) is 10.6 Å². The van der Waals surface area contributed by atoms with Crippen LogP contribution in [0.3, 0.4) is 0 Å². The first kappa shape index (κ1) is 12.9. The molecule has 0 aliphatic carbocycles. The summed E-state index contributed by atoms with van der Waals surface area (Å²) < 4.78 is 5.37. The molecule has 1 aliphatic heterocycles. The molecular formula is C12H12N2O5. The quantitative estimate of drug-likeness (QED) is 0.657. The van der Waals surface area contributed by atoms with Crippen LogP contribution in [0, 0.1) is 0 Å². The average molecular weight is 264 g/mol. The number of aliphatic carboxylic acids is 1. The van der Waals surface area contributed by atoms with Gasteiger partial charge >= 0.3 is 11.9 Å². The Kier molecular flexibility index (Phi) is 3.37. The van der Waals surface area contributed by atoms with Crippen LogP contribution in [0.25, 0.3) is 0 Å². The van der Waals surface area contributed by atoms with Gasteiger partial charge in [0.1, 0.15) is 5.75 Å². The maximum Gasteiger partial charge on any atom is 0.394 e.